The number of esters is 4. The number of fused-ring (bicyclic) bond motifs is 1. The van der Waals surface area contributed by atoms with Gasteiger partial charge in [-0.05, 0) is 51.2 Å². The Labute approximate surface area is 229 Å². The second-order valence-electron chi connectivity index (χ2n) is 11.6. The van der Waals surface area contributed by atoms with Crippen LogP contribution in [0.15, 0.2) is 36.4 Å². The zero-order valence-corrected chi connectivity index (χ0v) is 23.6. The number of hydrogen-bond donors (Lipinski definition) is 0. The van der Waals surface area contributed by atoms with Gasteiger partial charge < -0.3 is 23.7 Å². The molecule has 212 valence electrons. The highest BCUT2D eigenvalue weighted by atomic mass is 16.6. The number of carbonyl (C=O) groups is 4. The number of benzene rings is 1. The van der Waals surface area contributed by atoms with Crippen molar-refractivity contribution in [3.05, 3.63) is 42.0 Å². The van der Waals surface area contributed by atoms with Crippen molar-refractivity contribution < 1.29 is 42.9 Å². The van der Waals surface area contributed by atoms with E-state index >= 15 is 0 Å². The highest BCUT2D eigenvalue weighted by molar-refractivity contribution is 5.87. The van der Waals surface area contributed by atoms with Crippen molar-refractivity contribution in [3.8, 4) is 0 Å². The minimum absolute atomic E-state index is 0.283. The van der Waals surface area contributed by atoms with E-state index in [0.29, 0.717) is 6.42 Å². The molecule has 8 atom stereocenters. The number of rotatable bonds is 6. The van der Waals surface area contributed by atoms with E-state index in [4.69, 9.17) is 23.7 Å². The smallest absolute Gasteiger partial charge is 0.331 e. The zero-order chi connectivity index (χ0) is 28.8. The number of ether oxygens (including phenoxy) is 5. The molecule has 1 heterocycles. The first kappa shape index (κ1) is 28.8. The van der Waals surface area contributed by atoms with Crippen LogP contribution in [0.4, 0.5) is 0 Å². The summed E-state index contributed by atoms with van der Waals surface area (Å²) < 4.78 is 30.6. The third-order valence-corrected chi connectivity index (χ3v) is 8.71. The molecule has 1 aliphatic heterocycles. The van der Waals surface area contributed by atoms with Crippen molar-refractivity contribution >= 4 is 30.0 Å². The molecule has 3 fully saturated rings. The zero-order valence-electron chi connectivity index (χ0n) is 23.6. The number of hydrogen-bond acceptors (Lipinski definition) is 9. The van der Waals surface area contributed by atoms with Gasteiger partial charge in [0.1, 0.15) is 23.9 Å². The molecule has 0 amide bonds. The molecule has 9 nitrogen and oxygen atoms in total. The Bertz CT molecular complexity index is 1160. The van der Waals surface area contributed by atoms with Gasteiger partial charge >= 0.3 is 23.9 Å². The standard InChI is InChI=1S/C30H38O9/c1-17-15-23(35-18(2)31)27(37-20(4)33)29(7)24(38-25(34)14-13-21-11-9-8-10-12-21)16-22-26(36-19(3)32)30(17,29)39-28(22,5)6/h8-14,17,22-24,26-27H,15-16H2,1-7H3/t17-,22-,23+,24?,26-,27+,29-,30-/m1/s1. The molecule has 0 N–H and O–H groups in total. The molecule has 2 saturated carbocycles. The molecule has 1 aromatic rings. The lowest BCUT2D eigenvalue weighted by Crippen LogP contribution is -2.76. The van der Waals surface area contributed by atoms with Gasteiger partial charge in [-0.1, -0.05) is 37.3 Å². The van der Waals surface area contributed by atoms with Gasteiger partial charge in [0, 0.05) is 32.8 Å². The average Bonchev–Trinajstić information content (AvgIpc) is 3.01. The van der Waals surface area contributed by atoms with Crippen LogP contribution in [0.25, 0.3) is 6.08 Å². The van der Waals surface area contributed by atoms with E-state index in [-0.39, 0.29) is 18.3 Å². The van der Waals surface area contributed by atoms with E-state index in [9.17, 15) is 19.2 Å². The third-order valence-electron chi connectivity index (χ3n) is 8.71. The normalized spacial score (nSPS) is 36.5. The molecule has 1 spiro atoms. The minimum Gasteiger partial charge on any atom is -0.459 e. The van der Waals surface area contributed by atoms with Gasteiger partial charge in [0.2, 0.25) is 0 Å². The Kier molecular flexibility index (Phi) is 7.69. The lowest BCUT2D eigenvalue weighted by atomic mass is 9.48. The van der Waals surface area contributed by atoms with E-state index in [1.165, 1.54) is 26.8 Å². The van der Waals surface area contributed by atoms with Crippen LogP contribution in [0.3, 0.4) is 0 Å². The molecule has 2 aliphatic carbocycles. The first-order chi connectivity index (χ1) is 18.2. The van der Waals surface area contributed by atoms with Crippen LogP contribution in [-0.2, 0) is 42.9 Å². The Morgan fingerprint density at radius 1 is 0.846 bits per heavy atom. The topological polar surface area (TPSA) is 114 Å². The van der Waals surface area contributed by atoms with Gasteiger partial charge in [-0.15, -0.1) is 0 Å². The largest absolute Gasteiger partial charge is 0.459 e. The Hall–Kier alpha value is -3.20. The molecular weight excluding hydrogens is 504 g/mol. The summed E-state index contributed by atoms with van der Waals surface area (Å²) in [6.07, 6.45) is 0.236. The summed E-state index contributed by atoms with van der Waals surface area (Å²) in [6.45, 7) is 11.5. The predicted molar refractivity (Wildman–Crippen MR) is 140 cm³/mol. The van der Waals surface area contributed by atoms with E-state index in [1.807, 2.05) is 58.0 Å². The molecule has 4 rings (SSSR count). The second kappa shape index (κ2) is 10.4. The average molecular weight is 543 g/mol. The Morgan fingerprint density at radius 2 is 1.44 bits per heavy atom. The Balaban J connectivity index is 1.83. The van der Waals surface area contributed by atoms with Crippen LogP contribution >= 0.6 is 0 Å². The van der Waals surface area contributed by atoms with E-state index in [2.05, 4.69) is 0 Å². The minimum atomic E-state index is -1.24. The summed E-state index contributed by atoms with van der Waals surface area (Å²) >= 11 is 0. The maximum atomic E-state index is 13.2. The molecule has 3 aliphatic rings. The third kappa shape index (κ3) is 4.97. The van der Waals surface area contributed by atoms with Crippen molar-refractivity contribution in [3.63, 3.8) is 0 Å². The van der Waals surface area contributed by atoms with Crippen LogP contribution in [0.2, 0.25) is 0 Å². The highest BCUT2D eigenvalue weighted by Gasteiger charge is 2.80. The van der Waals surface area contributed by atoms with Gasteiger partial charge in [-0.2, -0.15) is 0 Å². The summed E-state index contributed by atoms with van der Waals surface area (Å²) in [4.78, 5) is 50.1. The molecule has 2 bridgehead atoms. The summed E-state index contributed by atoms with van der Waals surface area (Å²) in [7, 11) is 0. The molecule has 0 radical (unpaired) electrons. The molecule has 1 unspecified atom stereocenters. The van der Waals surface area contributed by atoms with Crippen LogP contribution in [0.1, 0.15) is 66.9 Å². The van der Waals surface area contributed by atoms with Crippen LogP contribution in [0.5, 0.6) is 0 Å². The lowest BCUT2D eigenvalue weighted by molar-refractivity contribution is -0.306. The fourth-order valence-corrected chi connectivity index (χ4v) is 7.26. The maximum Gasteiger partial charge on any atom is 0.331 e. The monoisotopic (exact) mass is 542 g/mol. The summed E-state index contributed by atoms with van der Waals surface area (Å²) in [5, 5.41) is 0. The highest BCUT2D eigenvalue weighted by Crippen LogP contribution is 2.67. The first-order valence-electron chi connectivity index (χ1n) is 13.4. The molecule has 1 saturated heterocycles. The maximum absolute atomic E-state index is 13.2. The van der Waals surface area contributed by atoms with Crippen molar-refractivity contribution in [2.24, 2.45) is 17.3 Å². The number of carbonyl (C=O) groups excluding carboxylic acids is 4. The van der Waals surface area contributed by atoms with Gasteiger partial charge in [0.05, 0.1) is 11.0 Å². The second-order valence-corrected chi connectivity index (χ2v) is 11.6. The summed E-state index contributed by atoms with van der Waals surface area (Å²) in [5.74, 6) is -2.79. The van der Waals surface area contributed by atoms with Gasteiger partial charge in [0.15, 0.2) is 6.10 Å². The van der Waals surface area contributed by atoms with Gasteiger partial charge in [-0.3, -0.25) is 14.4 Å². The van der Waals surface area contributed by atoms with Crippen molar-refractivity contribution in [2.75, 3.05) is 0 Å². The van der Waals surface area contributed by atoms with Crippen LogP contribution in [-0.4, -0.2) is 59.5 Å². The van der Waals surface area contributed by atoms with Crippen LogP contribution in [0, 0.1) is 17.3 Å². The SMILES string of the molecule is CC(=O)O[C@H]1C[C@@H](C)[C@]23OC(C)(C)[C@H](CC(OC(=O)C=Cc4ccccc4)[C@]2(C)[C@H]1OC(C)=O)[C@H]3OC(C)=O. The van der Waals surface area contributed by atoms with E-state index < -0.39 is 64.9 Å². The molecular formula is C30H38O9. The molecule has 0 aromatic heterocycles. The lowest BCUT2D eigenvalue weighted by Gasteiger charge is -2.62. The fraction of sp³-hybridized carbons (Fsp3) is 0.600. The fourth-order valence-electron chi connectivity index (χ4n) is 7.26. The van der Waals surface area contributed by atoms with Crippen molar-refractivity contribution in [1.29, 1.82) is 0 Å². The summed E-state index contributed by atoms with van der Waals surface area (Å²) in [5.41, 5.74) is -2.36. The van der Waals surface area contributed by atoms with Gasteiger partial charge in [-0.25, -0.2) is 4.79 Å². The van der Waals surface area contributed by atoms with E-state index in [1.54, 1.807) is 6.08 Å². The predicted octanol–water partition coefficient (Wildman–Crippen LogP) is 4.02. The quantitative estimate of drug-likeness (QED) is 0.299. The molecule has 39 heavy (non-hydrogen) atoms. The molecule has 9 heteroatoms. The molecule has 1 aromatic carbocycles. The van der Waals surface area contributed by atoms with Gasteiger partial charge in [0.25, 0.3) is 0 Å². The summed E-state index contributed by atoms with van der Waals surface area (Å²) in [6, 6.07) is 9.35. The first-order valence-corrected chi connectivity index (χ1v) is 13.4. The van der Waals surface area contributed by atoms with Crippen molar-refractivity contribution in [1.82, 2.24) is 0 Å². The van der Waals surface area contributed by atoms with Crippen LogP contribution < -0.4 is 0 Å². The van der Waals surface area contributed by atoms with E-state index in [0.717, 1.165) is 5.56 Å². The Morgan fingerprint density at radius 3 is 2.03 bits per heavy atom. The van der Waals surface area contributed by atoms with Crippen molar-refractivity contribution in [2.45, 2.75) is 96.9 Å².